The minimum absolute atomic E-state index is 0. The molecule has 0 aromatic carbocycles. The highest BCUT2D eigenvalue weighted by molar-refractivity contribution is 5.85. The van der Waals surface area contributed by atoms with E-state index in [0.717, 1.165) is 12.8 Å². The molecule has 0 aliphatic rings. The Morgan fingerprint density at radius 3 is 1.27 bits per heavy atom. The van der Waals surface area contributed by atoms with Crippen molar-refractivity contribution in [2.75, 3.05) is 26.3 Å². The number of carbonyl (C=O) groups excluding carboxylic acids is 2. The quantitative estimate of drug-likeness (QED) is 0.353. The van der Waals surface area contributed by atoms with Crippen molar-refractivity contribution in [1.29, 1.82) is 0 Å². The number of rotatable bonds is 13. The van der Waals surface area contributed by atoms with E-state index in [1.165, 1.54) is 0 Å². The number of carbonyl (C=O) groups is 2. The lowest BCUT2D eigenvalue weighted by molar-refractivity contribution is -0.153. The maximum Gasteiger partial charge on any atom is 0.306 e. The third kappa shape index (κ3) is 16.9. The second-order valence-electron chi connectivity index (χ2n) is 7.31. The van der Waals surface area contributed by atoms with Gasteiger partial charge in [-0.3, -0.25) is 9.59 Å². The molecular formula is C18H38Cl2N2O4. The molecule has 0 saturated carbocycles. The first kappa shape index (κ1) is 30.2. The van der Waals surface area contributed by atoms with Crippen LogP contribution in [-0.4, -0.2) is 38.2 Å². The maximum absolute atomic E-state index is 11.7. The molecule has 0 spiro atoms. The van der Waals surface area contributed by atoms with Crippen LogP contribution in [0.15, 0.2) is 0 Å². The molecule has 0 amide bonds. The molecule has 8 heteroatoms. The van der Waals surface area contributed by atoms with Crippen molar-refractivity contribution in [3.05, 3.63) is 0 Å². The highest BCUT2D eigenvalue weighted by atomic mass is 35.5. The van der Waals surface area contributed by atoms with Crippen molar-refractivity contribution in [3.8, 4) is 0 Å². The summed E-state index contributed by atoms with van der Waals surface area (Å²) in [6.07, 6.45) is 2.42. The first-order chi connectivity index (χ1) is 11.3. The van der Waals surface area contributed by atoms with E-state index in [0.29, 0.717) is 37.8 Å². The number of hydrogen-bond acceptors (Lipinski definition) is 6. The van der Waals surface area contributed by atoms with Crippen LogP contribution in [0.4, 0.5) is 0 Å². The predicted molar refractivity (Wildman–Crippen MR) is 110 cm³/mol. The Morgan fingerprint density at radius 2 is 1.04 bits per heavy atom. The Kier molecular flexibility index (Phi) is 20.7. The Bertz CT molecular complexity index is 335. The summed E-state index contributed by atoms with van der Waals surface area (Å²) in [5.41, 5.74) is 11.3. The zero-order valence-electron chi connectivity index (χ0n) is 16.6. The third-order valence-electron chi connectivity index (χ3n) is 3.80. The van der Waals surface area contributed by atoms with Gasteiger partial charge in [-0.2, -0.15) is 0 Å². The zero-order valence-corrected chi connectivity index (χ0v) is 18.2. The van der Waals surface area contributed by atoms with E-state index in [1.807, 2.05) is 0 Å². The number of nitrogens with two attached hydrogens (primary N) is 2. The fourth-order valence-electron chi connectivity index (χ4n) is 2.76. The zero-order chi connectivity index (χ0) is 18.5. The average molecular weight is 417 g/mol. The Morgan fingerprint density at radius 1 is 0.731 bits per heavy atom. The molecule has 2 atom stereocenters. The van der Waals surface area contributed by atoms with Crippen molar-refractivity contribution in [1.82, 2.24) is 0 Å². The largest absolute Gasteiger partial charge is 0.462 e. The van der Waals surface area contributed by atoms with E-state index in [4.69, 9.17) is 20.9 Å². The average Bonchev–Trinajstić information content (AvgIpc) is 2.49. The number of esters is 2. The molecule has 0 saturated heterocycles. The van der Waals surface area contributed by atoms with Crippen molar-refractivity contribution in [2.45, 2.75) is 53.4 Å². The maximum atomic E-state index is 11.7. The van der Waals surface area contributed by atoms with Crippen LogP contribution in [0, 0.1) is 23.7 Å². The van der Waals surface area contributed by atoms with Crippen LogP contribution < -0.4 is 11.5 Å². The molecule has 0 aromatic heterocycles. The molecule has 26 heavy (non-hydrogen) atoms. The Hall–Kier alpha value is -0.560. The molecule has 0 aromatic rings. The first-order valence-electron chi connectivity index (χ1n) is 8.99. The molecule has 0 heterocycles. The van der Waals surface area contributed by atoms with Gasteiger partial charge in [-0.05, 0) is 49.6 Å². The van der Waals surface area contributed by atoms with Gasteiger partial charge in [0, 0.05) is 12.8 Å². The number of hydrogen-bond donors (Lipinski definition) is 2. The second-order valence-corrected chi connectivity index (χ2v) is 7.31. The summed E-state index contributed by atoms with van der Waals surface area (Å²) in [6, 6.07) is 0. The lowest BCUT2D eigenvalue weighted by Gasteiger charge is -2.17. The molecular weight excluding hydrogens is 379 g/mol. The van der Waals surface area contributed by atoms with E-state index < -0.39 is 0 Å². The summed E-state index contributed by atoms with van der Waals surface area (Å²) in [5, 5.41) is 0. The predicted octanol–water partition coefficient (Wildman–Crippen LogP) is 2.94. The van der Waals surface area contributed by atoms with Gasteiger partial charge >= 0.3 is 11.9 Å². The van der Waals surface area contributed by atoms with Crippen LogP contribution in [0.2, 0.25) is 0 Å². The molecule has 0 radical (unpaired) electrons. The molecule has 0 fully saturated rings. The van der Waals surface area contributed by atoms with Crippen LogP contribution >= 0.6 is 24.8 Å². The van der Waals surface area contributed by atoms with Crippen LogP contribution in [-0.2, 0) is 19.1 Å². The van der Waals surface area contributed by atoms with E-state index >= 15 is 0 Å². The van der Waals surface area contributed by atoms with Crippen LogP contribution in [0.5, 0.6) is 0 Å². The first-order valence-corrected chi connectivity index (χ1v) is 8.99. The van der Waals surface area contributed by atoms with Gasteiger partial charge < -0.3 is 20.9 Å². The molecule has 6 nitrogen and oxygen atoms in total. The summed E-state index contributed by atoms with van der Waals surface area (Å²) < 4.78 is 10.2. The SMILES string of the molecule is CC(C)C[C@H](CN)CC(=O)OCCOC(=O)C[C@H](CN)CC(C)C.Cl.Cl. The van der Waals surface area contributed by atoms with Gasteiger partial charge in [-0.15, -0.1) is 24.8 Å². The second kappa shape index (κ2) is 17.8. The third-order valence-corrected chi connectivity index (χ3v) is 3.80. The summed E-state index contributed by atoms with van der Waals surface area (Å²) in [7, 11) is 0. The molecule has 0 unspecified atom stereocenters. The molecule has 0 rings (SSSR count). The number of halogens is 2. The van der Waals surface area contributed by atoms with Gasteiger partial charge in [0.2, 0.25) is 0 Å². The van der Waals surface area contributed by atoms with Crippen molar-refractivity contribution < 1.29 is 19.1 Å². The van der Waals surface area contributed by atoms with Gasteiger partial charge in [-0.1, -0.05) is 27.7 Å². The van der Waals surface area contributed by atoms with E-state index in [1.54, 1.807) is 0 Å². The van der Waals surface area contributed by atoms with Crippen molar-refractivity contribution >= 4 is 36.8 Å². The monoisotopic (exact) mass is 416 g/mol. The van der Waals surface area contributed by atoms with Crippen LogP contribution in [0.3, 0.4) is 0 Å². The molecule has 0 aliphatic heterocycles. The lowest BCUT2D eigenvalue weighted by atomic mass is 9.94. The van der Waals surface area contributed by atoms with Gasteiger partial charge in [0.25, 0.3) is 0 Å². The summed E-state index contributed by atoms with van der Waals surface area (Å²) in [6.45, 7) is 9.50. The Labute approximate surface area is 170 Å². The molecule has 4 N–H and O–H groups in total. The van der Waals surface area contributed by atoms with Gasteiger partial charge in [0.1, 0.15) is 13.2 Å². The summed E-state index contributed by atoms with van der Waals surface area (Å²) in [5.74, 6) is 0.689. The van der Waals surface area contributed by atoms with Crippen molar-refractivity contribution in [3.63, 3.8) is 0 Å². The van der Waals surface area contributed by atoms with Crippen LogP contribution in [0.1, 0.15) is 53.4 Å². The van der Waals surface area contributed by atoms with E-state index in [-0.39, 0.29) is 61.8 Å². The molecule has 158 valence electrons. The standard InChI is InChI=1S/C18H36N2O4.2ClH/c1-13(2)7-15(11-19)9-17(21)23-5-6-24-18(22)10-16(12-20)8-14(3)4;;/h13-16H,5-12,19-20H2,1-4H3;2*1H/t15-,16+;;. The van der Waals surface area contributed by atoms with Crippen LogP contribution in [0.25, 0.3) is 0 Å². The van der Waals surface area contributed by atoms with Gasteiger partial charge in [-0.25, -0.2) is 0 Å². The fraction of sp³-hybridized carbons (Fsp3) is 0.889. The molecule has 0 bridgehead atoms. The highest BCUT2D eigenvalue weighted by Crippen LogP contribution is 2.15. The van der Waals surface area contributed by atoms with Gasteiger partial charge in [0.05, 0.1) is 0 Å². The topological polar surface area (TPSA) is 105 Å². The lowest BCUT2D eigenvalue weighted by Crippen LogP contribution is -2.23. The van der Waals surface area contributed by atoms with Gasteiger partial charge in [0.15, 0.2) is 0 Å². The van der Waals surface area contributed by atoms with E-state index in [9.17, 15) is 9.59 Å². The summed E-state index contributed by atoms with van der Waals surface area (Å²) in [4.78, 5) is 23.5. The highest BCUT2D eigenvalue weighted by Gasteiger charge is 2.17. The smallest absolute Gasteiger partial charge is 0.306 e. The van der Waals surface area contributed by atoms with Crippen molar-refractivity contribution in [2.24, 2.45) is 35.1 Å². The number of ether oxygens (including phenoxy) is 2. The summed E-state index contributed by atoms with van der Waals surface area (Å²) >= 11 is 0. The normalized spacial score (nSPS) is 12.8. The minimum atomic E-state index is -0.290. The van der Waals surface area contributed by atoms with E-state index in [2.05, 4.69) is 27.7 Å². The minimum Gasteiger partial charge on any atom is -0.462 e. The Balaban J connectivity index is -0.00000264. The fourth-order valence-corrected chi connectivity index (χ4v) is 2.76. The molecule has 0 aliphatic carbocycles.